The minimum absolute atomic E-state index is 0.249. The van der Waals surface area contributed by atoms with Crippen molar-refractivity contribution < 1.29 is 4.74 Å². The highest BCUT2D eigenvalue weighted by Gasteiger charge is 2.27. The summed E-state index contributed by atoms with van der Waals surface area (Å²) >= 11 is 0. The van der Waals surface area contributed by atoms with Gasteiger partial charge in [0.1, 0.15) is 5.69 Å². The summed E-state index contributed by atoms with van der Waals surface area (Å²) in [5, 5.41) is 3.42. The molecule has 1 N–H and O–H groups in total. The van der Waals surface area contributed by atoms with E-state index in [1.54, 1.807) is 7.11 Å². The highest BCUT2D eigenvalue weighted by Crippen LogP contribution is 2.16. The molecule has 1 unspecified atom stereocenters. The first-order chi connectivity index (χ1) is 10.5. The first kappa shape index (κ1) is 16.6. The highest BCUT2D eigenvalue weighted by molar-refractivity contribution is 5.99. The summed E-state index contributed by atoms with van der Waals surface area (Å²) in [4.78, 5) is 11.7. The lowest BCUT2D eigenvalue weighted by molar-refractivity contribution is 0.114. The molecule has 0 radical (unpaired) electrons. The van der Waals surface area contributed by atoms with Crippen molar-refractivity contribution in [2.24, 2.45) is 4.99 Å². The van der Waals surface area contributed by atoms with Crippen molar-refractivity contribution >= 4 is 5.84 Å². The van der Waals surface area contributed by atoms with Gasteiger partial charge in [-0.15, -0.1) is 0 Å². The minimum atomic E-state index is 0.249. The normalized spacial score (nSPS) is 19.4. The van der Waals surface area contributed by atoms with Gasteiger partial charge in [0, 0.05) is 38.1 Å². The molecule has 5 heteroatoms. The van der Waals surface area contributed by atoms with Crippen molar-refractivity contribution in [2.45, 2.75) is 26.8 Å². The molecule has 22 heavy (non-hydrogen) atoms. The van der Waals surface area contributed by atoms with Gasteiger partial charge in [-0.1, -0.05) is 12.6 Å². The van der Waals surface area contributed by atoms with Crippen LogP contribution in [-0.2, 0) is 4.74 Å². The van der Waals surface area contributed by atoms with Crippen molar-refractivity contribution in [2.75, 3.05) is 33.4 Å². The molecule has 0 aromatic carbocycles. The summed E-state index contributed by atoms with van der Waals surface area (Å²) in [6, 6.07) is 4.37. The Labute approximate surface area is 133 Å². The lowest BCUT2D eigenvalue weighted by Gasteiger charge is -2.38. The molecule has 1 aliphatic heterocycles. The molecule has 0 spiro atoms. The summed E-state index contributed by atoms with van der Waals surface area (Å²) < 4.78 is 5.38. The van der Waals surface area contributed by atoms with E-state index in [4.69, 9.17) is 14.7 Å². The lowest BCUT2D eigenvalue weighted by atomic mass is 10.1. The summed E-state index contributed by atoms with van der Waals surface area (Å²) in [7, 11) is 1.73. The van der Waals surface area contributed by atoms with Gasteiger partial charge in [-0.25, -0.2) is 9.98 Å². The van der Waals surface area contributed by atoms with Crippen LogP contribution in [0.5, 0.6) is 0 Å². The number of nitrogens with one attached hydrogen (secondary N) is 1. The third-order valence-corrected chi connectivity index (χ3v) is 3.73. The summed E-state index contributed by atoms with van der Waals surface area (Å²) in [5.41, 5.74) is 3.84. The van der Waals surface area contributed by atoms with Crippen molar-refractivity contribution in [1.82, 2.24) is 15.2 Å². The average molecular weight is 302 g/mol. The summed E-state index contributed by atoms with van der Waals surface area (Å²) in [5.74, 6) is 0.900. The van der Waals surface area contributed by atoms with E-state index < -0.39 is 0 Å². The van der Waals surface area contributed by atoms with Crippen LogP contribution in [0, 0.1) is 13.8 Å². The Morgan fingerprint density at radius 3 is 2.95 bits per heavy atom. The number of methoxy groups -OCH3 is 1. The van der Waals surface area contributed by atoms with Crippen LogP contribution in [0.1, 0.15) is 23.9 Å². The number of nitrogens with zero attached hydrogens (tertiary/aromatic N) is 3. The topological polar surface area (TPSA) is 49.8 Å². The number of aryl methyl sites for hydroxylation is 2. The highest BCUT2D eigenvalue weighted by atomic mass is 16.5. The molecular formula is C17H26N4O. The largest absolute Gasteiger partial charge is 0.383 e. The molecule has 0 saturated carbocycles. The van der Waals surface area contributed by atoms with Crippen LogP contribution < -0.4 is 5.32 Å². The van der Waals surface area contributed by atoms with Crippen LogP contribution in [0.25, 0.3) is 0 Å². The van der Waals surface area contributed by atoms with Crippen LogP contribution in [0.2, 0.25) is 0 Å². The smallest absolute Gasteiger partial charge is 0.155 e. The standard InChI is InChI=1S/C17H26N4O/c1-12(2)19-17(16-13(3)6-7-14(4)20-16)21-9-8-18-10-15(21)11-22-5/h6-7,15,18H,1,8-11H2,2-5H3. The molecule has 1 saturated heterocycles. The first-order valence-corrected chi connectivity index (χ1v) is 7.68. The number of aromatic nitrogens is 1. The molecule has 120 valence electrons. The van der Waals surface area contributed by atoms with Gasteiger partial charge < -0.3 is 15.0 Å². The second kappa shape index (κ2) is 7.51. The Morgan fingerprint density at radius 1 is 1.50 bits per heavy atom. The van der Waals surface area contributed by atoms with E-state index in [9.17, 15) is 0 Å². The maximum atomic E-state index is 5.38. The van der Waals surface area contributed by atoms with Gasteiger partial charge in [0.15, 0.2) is 5.84 Å². The Hall–Kier alpha value is -1.72. The zero-order chi connectivity index (χ0) is 16.1. The second-order valence-electron chi connectivity index (χ2n) is 5.80. The Morgan fingerprint density at radius 2 is 2.27 bits per heavy atom. The lowest BCUT2D eigenvalue weighted by Crippen LogP contribution is -2.55. The third-order valence-electron chi connectivity index (χ3n) is 3.73. The van der Waals surface area contributed by atoms with Gasteiger partial charge >= 0.3 is 0 Å². The molecule has 2 heterocycles. The van der Waals surface area contributed by atoms with E-state index in [0.717, 1.165) is 48.1 Å². The fourth-order valence-corrected chi connectivity index (χ4v) is 2.67. The third kappa shape index (κ3) is 3.93. The van der Waals surface area contributed by atoms with Crippen molar-refractivity contribution in [1.29, 1.82) is 0 Å². The summed E-state index contributed by atoms with van der Waals surface area (Å²) in [6.07, 6.45) is 0. The predicted octanol–water partition coefficient (Wildman–Crippen LogP) is 1.90. The Bertz CT molecular complexity index is 566. The molecule has 1 aromatic rings. The molecule has 0 amide bonds. The number of aliphatic imine (C=N–C) groups is 1. The Balaban J connectivity index is 2.45. The number of ether oxygens (including phenoxy) is 1. The molecule has 0 bridgehead atoms. The van der Waals surface area contributed by atoms with Gasteiger partial charge in [-0.2, -0.15) is 0 Å². The van der Waals surface area contributed by atoms with Gasteiger partial charge in [-0.05, 0) is 32.4 Å². The molecule has 1 atom stereocenters. The van der Waals surface area contributed by atoms with Crippen LogP contribution in [0.4, 0.5) is 0 Å². The van der Waals surface area contributed by atoms with E-state index in [2.05, 4.69) is 29.8 Å². The molecule has 1 aromatic heterocycles. The van der Waals surface area contributed by atoms with Gasteiger partial charge in [0.25, 0.3) is 0 Å². The van der Waals surface area contributed by atoms with E-state index in [-0.39, 0.29) is 6.04 Å². The molecular weight excluding hydrogens is 276 g/mol. The van der Waals surface area contributed by atoms with Gasteiger partial charge in [0.2, 0.25) is 0 Å². The monoisotopic (exact) mass is 302 g/mol. The zero-order valence-electron chi connectivity index (χ0n) is 14.0. The molecule has 0 aliphatic carbocycles. The van der Waals surface area contributed by atoms with E-state index >= 15 is 0 Å². The number of allylic oxidation sites excluding steroid dienone is 1. The summed E-state index contributed by atoms with van der Waals surface area (Å²) in [6.45, 7) is 13.3. The first-order valence-electron chi connectivity index (χ1n) is 7.68. The number of hydrogen-bond acceptors (Lipinski definition) is 4. The zero-order valence-corrected chi connectivity index (χ0v) is 14.0. The van der Waals surface area contributed by atoms with Crippen LogP contribution >= 0.6 is 0 Å². The maximum Gasteiger partial charge on any atom is 0.155 e. The molecule has 2 rings (SSSR count). The minimum Gasteiger partial charge on any atom is -0.383 e. The predicted molar refractivity (Wildman–Crippen MR) is 90.3 cm³/mol. The quantitative estimate of drug-likeness (QED) is 0.682. The SMILES string of the molecule is C=C(C)N=C(c1nc(C)ccc1C)N1CCNCC1COC. The number of piperazine rings is 1. The van der Waals surface area contributed by atoms with Crippen LogP contribution in [0.15, 0.2) is 29.4 Å². The molecule has 5 nitrogen and oxygen atoms in total. The van der Waals surface area contributed by atoms with Crippen molar-refractivity contribution in [3.8, 4) is 0 Å². The molecule has 1 aliphatic rings. The number of pyridine rings is 1. The number of hydrogen-bond donors (Lipinski definition) is 1. The van der Waals surface area contributed by atoms with Crippen LogP contribution in [-0.4, -0.2) is 55.1 Å². The average Bonchev–Trinajstić information content (AvgIpc) is 2.48. The second-order valence-corrected chi connectivity index (χ2v) is 5.80. The van der Waals surface area contributed by atoms with Crippen LogP contribution in [0.3, 0.4) is 0 Å². The molecule has 1 fully saturated rings. The van der Waals surface area contributed by atoms with Gasteiger partial charge in [-0.3, -0.25) is 0 Å². The van der Waals surface area contributed by atoms with E-state index in [1.165, 1.54) is 0 Å². The maximum absolute atomic E-state index is 5.38. The van der Waals surface area contributed by atoms with E-state index in [0.29, 0.717) is 6.61 Å². The van der Waals surface area contributed by atoms with Crippen molar-refractivity contribution in [3.63, 3.8) is 0 Å². The fraction of sp³-hybridized carbons (Fsp3) is 0.529. The Kier molecular flexibility index (Phi) is 5.69. The number of amidine groups is 1. The fourth-order valence-electron chi connectivity index (χ4n) is 2.67. The van der Waals surface area contributed by atoms with Gasteiger partial charge in [0.05, 0.1) is 12.6 Å². The van der Waals surface area contributed by atoms with E-state index in [1.807, 2.05) is 19.9 Å². The van der Waals surface area contributed by atoms with Crippen molar-refractivity contribution in [3.05, 3.63) is 41.4 Å². The number of rotatable bonds is 4.